The molecule has 1 fully saturated rings. The summed E-state index contributed by atoms with van der Waals surface area (Å²) in [5.74, 6) is 0.590. The van der Waals surface area contributed by atoms with Crippen molar-refractivity contribution in [1.29, 1.82) is 0 Å². The summed E-state index contributed by atoms with van der Waals surface area (Å²) in [6, 6.07) is 11.4. The van der Waals surface area contributed by atoms with Crippen molar-refractivity contribution in [3.63, 3.8) is 0 Å². The van der Waals surface area contributed by atoms with Crippen LogP contribution in [0.15, 0.2) is 46.9 Å². The third kappa shape index (κ3) is 5.48. The number of rotatable bonds is 8. The Labute approximate surface area is 183 Å². The van der Waals surface area contributed by atoms with Crippen LogP contribution in [0.1, 0.15) is 46.7 Å². The Bertz CT molecular complexity index is 997. The summed E-state index contributed by atoms with van der Waals surface area (Å²) < 4.78 is 0. The standard InChI is InChI=1S/C21H23N5O2S2/c27-19(13-30-21-24-18(25-26-21)12-15-8-5-11-29-15)23-17-10-4-3-9-16(17)20(28)22-14-6-1-2-7-14/h3-5,8-11,14H,1-2,6-7,12-13H2,(H,22,28)(H,23,27)(H,24,25,26). The van der Waals surface area contributed by atoms with Gasteiger partial charge in [-0.1, -0.05) is 42.8 Å². The molecule has 0 saturated heterocycles. The lowest BCUT2D eigenvalue weighted by Crippen LogP contribution is -2.33. The molecule has 0 unspecified atom stereocenters. The van der Waals surface area contributed by atoms with E-state index in [0.29, 0.717) is 22.8 Å². The number of nitrogens with zero attached hydrogens (tertiary/aromatic N) is 2. The van der Waals surface area contributed by atoms with Crippen molar-refractivity contribution in [1.82, 2.24) is 20.5 Å². The summed E-state index contributed by atoms with van der Waals surface area (Å²) in [4.78, 5) is 30.7. The van der Waals surface area contributed by atoms with Crippen LogP contribution in [0.25, 0.3) is 0 Å². The largest absolute Gasteiger partial charge is 0.349 e. The smallest absolute Gasteiger partial charge is 0.253 e. The molecule has 1 aliphatic carbocycles. The van der Waals surface area contributed by atoms with Gasteiger partial charge in [-0.3, -0.25) is 14.7 Å². The Morgan fingerprint density at radius 1 is 1.17 bits per heavy atom. The molecule has 3 N–H and O–H groups in total. The van der Waals surface area contributed by atoms with E-state index in [9.17, 15) is 9.59 Å². The molecule has 1 aliphatic rings. The molecule has 1 saturated carbocycles. The molecule has 30 heavy (non-hydrogen) atoms. The van der Waals surface area contributed by atoms with Gasteiger partial charge in [-0.15, -0.1) is 16.4 Å². The van der Waals surface area contributed by atoms with Crippen molar-refractivity contribution in [3.05, 3.63) is 58.0 Å². The number of H-pyrrole nitrogens is 1. The molecule has 0 radical (unpaired) electrons. The number of carbonyl (C=O) groups is 2. The Morgan fingerprint density at radius 3 is 2.80 bits per heavy atom. The van der Waals surface area contributed by atoms with E-state index in [4.69, 9.17) is 0 Å². The molecule has 0 bridgehead atoms. The molecule has 1 aromatic carbocycles. The van der Waals surface area contributed by atoms with Crippen LogP contribution in [0.3, 0.4) is 0 Å². The van der Waals surface area contributed by atoms with Crippen molar-refractivity contribution in [2.75, 3.05) is 11.1 Å². The summed E-state index contributed by atoms with van der Waals surface area (Å²) in [5, 5.41) is 15.6. The van der Waals surface area contributed by atoms with E-state index in [1.165, 1.54) is 16.6 Å². The van der Waals surface area contributed by atoms with Crippen molar-refractivity contribution >= 4 is 40.6 Å². The van der Waals surface area contributed by atoms with Gasteiger partial charge in [-0.05, 0) is 36.4 Å². The summed E-state index contributed by atoms with van der Waals surface area (Å²) >= 11 is 2.93. The molecular formula is C21H23N5O2S2. The van der Waals surface area contributed by atoms with Crippen molar-refractivity contribution in [2.45, 2.75) is 43.3 Å². The third-order valence-corrected chi connectivity index (χ3v) is 6.63. The highest BCUT2D eigenvalue weighted by Gasteiger charge is 2.20. The van der Waals surface area contributed by atoms with Gasteiger partial charge in [0.05, 0.1) is 17.0 Å². The number of thioether (sulfide) groups is 1. The topological polar surface area (TPSA) is 99.8 Å². The lowest BCUT2D eigenvalue weighted by atomic mass is 10.1. The normalized spacial score (nSPS) is 14.0. The van der Waals surface area contributed by atoms with Gasteiger partial charge in [0.25, 0.3) is 5.91 Å². The van der Waals surface area contributed by atoms with Gasteiger partial charge in [0, 0.05) is 17.3 Å². The van der Waals surface area contributed by atoms with Crippen LogP contribution in [-0.4, -0.2) is 38.8 Å². The Morgan fingerprint density at radius 2 is 2.00 bits per heavy atom. The minimum Gasteiger partial charge on any atom is -0.349 e. The zero-order valence-corrected chi connectivity index (χ0v) is 18.0. The predicted octanol–water partition coefficient (Wildman–Crippen LogP) is 3.86. The predicted molar refractivity (Wildman–Crippen MR) is 119 cm³/mol. The van der Waals surface area contributed by atoms with Gasteiger partial charge >= 0.3 is 0 Å². The number of hydrogen-bond acceptors (Lipinski definition) is 6. The molecule has 4 rings (SSSR count). The monoisotopic (exact) mass is 441 g/mol. The zero-order valence-electron chi connectivity index (χ0n) is 16.4. The Kier molecular flexibility index (Phi) is 6.81. The number of hydrogen-bond donors (Lipinski definition) is 3. The number of thiophene rings is 1. The van der Waals surface area contributed by atoms with Crippen LogP contribution in [0.5, 0.6) is 0 Å². The second kappa shape index (κ2) is 9.90. The molecule has 3 aromatic rings. The maximum Gasteiger partial charge on any atom is 0.253 e. The molecule has 156 valence electrons. The van der Waals surface area contributed by atoms with Crippen molar-refractivity contribution < 1.29 is 9.59 Å². The number of aromatic amines is 1. The van der Waals surface area contributed by atoms with E-state index < -0.39 is 0 Å². The molecular weight excluding hydrogens is 418 g/mol. The molecule has 9 heteroatoms. The van der Waals surface area contributed by atoms with Gasteiger partial charge in [-0.2, -0.15) is 0 Å². The summed E-state index contributed by atoms with van der Waals surface area (Å²) in [5.41, 5.74) is 1.01. The second-order valence-corrected chi connectivity index (χ2v) is 9.13. The number of para-hydroxylation sites is 1. The van der Waals surface area contributed by atoms with Crippen LogP contribution in [0.2, 0.25) is 0 Å². The molecule has 0 spiro atoms. The Balaban J connectivity index is 1.31. The van der Waals surface area contributed by atoms with Crippen LogP contribution >= 0.6 is 23.1 Å². The van der Waals surface area contributed by atoms with Crippen LogP contribution in [0.4, 0.5) is 5.69 Å². The zero-order chi connectivity index (χ0) is 20.8. The minimum absolute atomic E-state index is 0.141. The quantitative estimate of drug-likeness (QED) is 0.461. The van der Waals surface area contributed by atoms with E-state index in [2.05, 4.69) is 25.8 Å². The van der Waals surface area contributed by atoms with E-state index >= 15 is 0 Å². The fourth-order valence-electron chi connectivity index (χ4n) is 3.44. The van der Waals surface area contributed by atoms with Crippen LogP contribution in [0, 0.1) is 0 Å². The lowest BCUT2D eigenvalue weighted by molar-refractivity contribution is -0.113. The fourth-order valence-corrected chi connectivity index (χ4v) is 4.77. The third-order valence-electron chi connectivity index (χ3n) is 4.90. The summed E-state index contributed by atoms with van der Waals surface area (Å²) in [6.07, 6.45) is 5.03. The fraction of sp³-hybridized carbons (Fsp3) is 0.333. The number of benzene rings is 1. The molecule has 2 aromatic heterocycles. The van der Waals surface area contributed by atoms with E-state index in [1.807, 2.05) is 17.5 Å². The SMILES string of the molecule is O=C(CSc1n[nH]c(Cc2cccs2)n1)Nc1ccccc1C(=O)NC1CCCC1. The molecule has 0 aliphatic heterocycles. The lowest BCUT2D eigenvalue weighted by Gasteiger charge is -2.14. The number of anilines is 1. The first-order valence-electron chi connectivity index (χ1n) is 9.93. The molecule has 0 atom stereocenters. The highest BCUT2D eigenvalue weighted by Crippen LogP contribution is 2.21. The van der Waals surface area contributed by atoms with Gasteiger partial charge in [0.2, 0.25) is 11.1 Å². The average molecular weight is 442 g/mol. The first kappa shape index (κ1) is 20.6. The first-order chi connectivity index (χ1) is 14.7. The van der Waals surface area contributed by atoms with Gasteiger partial charge in [-0.25, -0.2) is 4.98 Å². The van der Waals surface area contributed by atoms with E-state index in [0.717, 1.165) is 31.5 Å². The molecule has 2 amide bonds. The summed E-state index contributed by atoms with van der Waals surface area (Å²) in [6.45, 7) is 0. The molecule has 7 nitrogen and oxygen atoms in total. The van der Waals surface area contributed by atoms with Gasteiger partial charge in [0.15, 0.2) is 0 Å². The number of nitrogens with one attached hydrogen (secondary N) is 3. The average Bonchev–Trinajstić information content (AvgIpc) is 3.51. The van der Waals surface area contributed by atoms with Gasteiger partial charge in [0.1, 0.15) is 5.82 Å². The van der Waals surface area contributed by atoms with Crippen molar-refractivity contribution in [2.24, 2.45) is 0 Å². The number of amides is 2. The second-order valence-electron chi connectivity index (χ2n) is 7.16. The maximum absolute atomic E-state index is 12.6. The summed E-state index contributed by atoms with van der Waals surface area (Å²) in [7, 11) is 0. The highest BCUT2D eigenvalue weighted by molar-refractivity contribution is 7.99. The number of aromatic nitrogens is 3. The van der Waals surface area contributed by atoms with Gasteiger partial charge < -0.3 is 10.6 Å². The minimum atomic E-state index is -0.203. The number of carbonyl (C=O) groups excluding carboxylic acids is 2. The Hall–Kier alpha value is -2.65. The van der Waals surface area contributed by atoms with E-state index in [1.54, 1.807) is 35.6 Å². The highest BCUT2D eigenvalue weighted by atomic mass is 32.2. The maximum atomic E-state index is 12.6. The van der Waals surface area contributed by atoms with Crippen LogP contribution in [-0.2, 0) is 11.2 Å². The van der Waals surface area contributed by atoms with E-state index in [-0.39, 0.29) is 23.6 Å². The van der Waals surface area contributed by atoms with Crippen molar-refractivity contribution in [3.8, 4) is 0 Å². The van der Waals surface area contributed by atoms with Crippen LogP contribution < -0.4 is 10.6 Å². The first-order valence-corrected chi connectivity index (χ1v) is 11.8. The molecule has 2 heterocycles.